The zero-order chi connectivity index (χ0) is 15.6. The fourth-order valence-corrected chi connectivity index (χ4v) is 3.19. The Morgan fingerprint density at radius 1 is 1.22 bits per heavy atom. The van der Waals surface area contributed by atoms with Crippen LogP contribution in [0.25, 0.3) is 11.0 Å². The van der Waals surface area contributed by atoms with Crippen LogP contribution in [-0.4, -0.2) is 41.1 Å². The molecule has 1 N–H and O–H groups in total. The fraction of sp³-hybridized carbons (Fsp3) is 0.278. The van der Waals surface area contributed by atoms with Crippen LogP contribution in [0.3, 0.4) is 0 Å². The van der Waals surface area contributed by atoms with Gasteiger partial charge in [0.25, 0.3) is 0 Å². The Hall–Kier alpha value is -2.53. The van der Waals surface area contributed by atoms with Crippen molar-refractivity contribution in [1.82, 2.24) is 9.47 Å². The Morgan fingerprint density at radius 3 is 2.96 bits per heavy atom. The first-order valence-corrected chi connectivity index (χ1v) is 7.91. The summed E-state index contributed by atoms with van der Waals surface area (Å²) < 4.78 is 7.21. The van der Waals surface area contributed by atoms with Crippen LogP contribution in [0, 0.1) is 0 Å². The maximum atomic E-state index is 12.2. The molecule has 2 aromatic heterocycles. The first kappa shape index (κ1) is 14.1. The van der Waals surface area contributed by atoms with Gasteiger partial charge in [-0.1, -0.05) is 12.1 Å². The topological polar surface area (TPSA) is 50.4 Å². The number of benzene rings is 1. The molecule has 1 saturated heterocycles. The fourth-order valence-electron chi connectivity index (χ4n) is 3.19. The lowest BCUT2D eigenvalue weighted by molar-refractivity contribution is 0.0863. The van der Waals surface area contributed by atoms with Crippen molar-refractivity contribution >= 4 is 22.6 Å². The Balaban J connectivity index is 1.39. The van der Waals surface area contributed by atoms with Gasteiger partial charge in [-0.05, 0) is 30.7 Å². The highest BCUT2D eigenvalue weighted by Crippen LogP contribution is 2.26. The van der Waals surface area contributed by atoms with E-state index in [1.165, 1.54) is 0 Å². The highest BCUT2D eigenvalue weighted by Gasteiger charge is 2.24. The van der Waals surface area contributed by atoms with Crippen LogP contribution >= 0.6 is 0 Å². The average Bonchev–Trinajstić information content (AvgIpc) is 3.29. The van der Waals surface area contributed by atoms with Gasteiger partial charge in [0.2, 0.25) is 5.91 Å². The van der Waals surface area contributed by atoms with Crippen LogP contribution in [0.5, 0.6) is 0 Å². The minimum atomic E-state index is 0.115. The van der Waals surface area contributed by atoms with Crippen molar-refractivity contribution in [2.75, 3.05) is 25.0 Å². The van der Waals surface area contributed by atoms with E-state index in [2.05, 4.69) is 10.2 Å². The first-order valence-electron chi connectivity index (χ1n) is 7.91. The molecule has 0 spiro atoms. The summed E-state index contributed by atoms with van der Waals surface area (Å²) in [4.78, 5) is 14.3. The molecule has 1 aliphatic heterocycles. The molecule has 4 rings (SSSR count). The molecule has 3 heterocycles. The van der Waals surface area contributed by atoms with Gasteiger partial charge in [-0.15, -0.1) is 0 Å². The third kappa shape index (κ3) is 2.87. The van der Waals surface area contributed by atoms with Crippen LogP contribution < -0.4 is 5.32 Å². The molecule has 5 heteroatoms. The molecule has 0 radical (unpaired) electrons. The van der Waals surface area contributed by atoms with Crippen molar-refractivity contribution in [3.8, 4) is 0 Å². The smallest absolute Gasteiger partial charge is 0.244 e. The molecule has 1 fully saturated rings. The number of aromatic nitrogens is 1. The second kappa shape index (κ2) is 5.93. The molecule has 1 unspecified atom stereocenters. The highest BCUT2D eigenvalue weighted by molar-refractivity contribution is 5.89. The molecule has 1 aliphatic rings. The summed E-state index contributed by atoms with van der Waals surface area (Å²) in [6.07, 6.45) is 6.33. The third-order valence-corrected chi connectivity index (χ3v) is 4.36. The van der Waals surface area contributed by atoms with Gasteiger partial charge < -0.3 is 9.73 Å². The van der Waals surface area contributed by atoms with Gasteiger partial charge >= 0.3 is 0 Å². The quantitative estimate of drug-likeness (QED) is 0.805. The zero-order valence-corrected chi connectivity index (χ0v) is 12.8. The van der Waals surface area contributed by atoms with Gasteiger partial charge in [0.1, 0.15) is 0 Å². The monoisotopic (exact) mass is 309 g/mol. The van der Waals surface area contributed by atoms with Gasteiger partial charge in [0.05, 0.1) is 18.5 Å². The number of hydrogen-bond acceptors (Lipinski definition) is 4. The Kier molecular flexibility index (Phi) is 3.63. The summed E-state index contributed by atoms with van der Waals surface area (Å²) in [5.41, 5.74) is 1.92. The van der Waals surface area contributed by atoms with E-state index in [0.717, 1.165) is 36.2 Å². The van der Waals surface area contributed by atoms with E-state index in [1.807, 2.05) is 36.4 Å². The van der Waals surface area contributed by atoms with Crippen molar-refractivity contribution in [2.45, 2.75) is 12.5 Å². The molecule has 5 nitrogen and oxygen atoms in total. The van der Waals surface area contributed by atoms with Gasteiger partial charge in [0, 0.05) is 36.9 Å². The minimum absolute atomic E-state index is 0.115. The molecule has 0 bridgehead atoms. The number of nitrogens with zero attached hydrogens (tertiary/aromatic N) is 2. The van der Waals surface area contributed by atoms with E-state index in [-0.39, 0.29) is 5.91 Å². The molecule has 0 saturated carbocycles. The van der Waals surface area contributed by atoms with Crippen molar-refractivity contribution in [3.05, 3.63) is 55.1 Å². The zero-order valence-electron chi connectivity index (χ0n) is 12.8. The molecule has 23 heavy (non-hydrogen) atoms. The van der Waals surface area contributed by atoms with E-state index in [4.69, 9.17) is 4.42 Å². The van der Waals surface area contributed by atoms with Gasteiger partial charge in [-0.2, -0.15) is 0 Å². The Labute approximate surface area is 134 Å². The van der Waals surface area contributed by atoms with E-state index in [1.54, 1.807) is 23.2 Å². The molecular formula is C18H19N3O2. The van der Waals surface area contributed by atoms with Crippen LogP contribution in [0.2, 0.25) is 0 Å². The van der Waals surface area contributed by atoms with Crippen molar-refractivity contribution in [1.29, 1.82) is 0 Å². The highest BCUT2D eigenvalue weighted by atomic mass is 16.3. The minimum Gasteiger partial charge on any atom is -0.462 e. The number of nitrogens with one attached hydrogen (secondary N) is 1. The van der Waals surface area contributed by atoms with Crippen LogP contribution in [0.1, 0.15) is 11.2 Å². The lowest BCUT2D eigenvalue weighted by Gasteiger charge is -2.17. The summed E-state index contributed by atoms with van der Waals surface area (Å²) in [7, 11) is 0. The summed E-state index contributed by atoms with van der Waals surface area (Å²) in [5, 5.41) is 4.66. The summed E-state index contributed by atoms with van der Waals surface area (Å²) >= 11 is 0. The van der Waals surface area contributed by atoms with E-state index < -0.39 is 0 Å². The normalized spacial score (nSPS) is 18.5. The average molecular weight is 309 g/mol. The van der Waals surface area contributed by atoms with E-state index in [0.29, 0.717) is 12.6 Å². The Morgan fingerprint density at radius 2 is 2.09 bits per heavy atom. The molecular weight excluding hydrogens is 290 g/mol. The number of hydrogen-bond donors (Lipinski definition) is 1. The third-order valence-electron chi connectivity index (χ3n) is 4.36. The summed E-state index contributed by atoms with van der Waals surface area (Å²) in [6.45, 7) is 2.25. The predicted octanol–water partition coefficient (Wildman–Crippen LogP) is 3.06. The number of carbonyl (C=O) groups is 1. The molecule has 0 aliphatic carbocycles. The van der Waals surface area contributed by atoms with Crippen LogP contribution in [0.4, 0.5) is 5.69 Å². The van der Waals surface area contributed by atoms with Crippen LogP contribution in [-0.2, 0) is 0 Å². The van der Waals surface area contributed by atoms with Crippen LogP contribution in [0.15, 0.2) is 59.5 Å². The van der Waals surface area contributed by atoms with Gasteiger partial charge in [-0.25, -0.2) is 0 Å². The second-order valence-corrected chi connectivity index (χ2v) is 5.99. The summed E-state index contributed by atoms with van der Waals surface area (Å²) in [5.74, 6) is 0.115. The second-order valence-electron chi connectivity index (χ2n) is 5.99. The molecule has 1 aromatic carbocycles. The van der Waals surface area contributed by atoms with Crippen molar-refractivity contribution in [3.63, 3.8) is 0 Å². The molecule has 1 atom stereocenters. The number of carbonyl (C=O) groups excluding carboxylic acids is 1. The lowest BCUT2D eigenvalue weighted by atomic mass is 10.2. The van der Waals surface area contributed by atoms with Crippen molar-refractivity contribution < 1.29 is 9.21 Å². The van der Waals surface area contributed by atoms with E-state index >= 15 is 0 Å². The number of rotatable bonds is 4. The number of furan rings is 1. The van der Waals surface area contributed by atoms with Gasteiger partial charge in [-0.3, -0.25) is 14.3 Å². The molecule has 118 valence electrons. The number of fused-ring (bicyclic) bond motifs is 1. The lowest BCUT2D eigenvalue weighted by Crippen LogP contribution is -2.32. The predicted molar refractivity (Wildman–Crippen MR) is 89.7 cm³/mol. The maximum absolute atomic E-state index is 12.2. The Bertz CT molecular complexity index is 807. The number of likely N-dealkylation sites (tertiary alicyclic amines) is 1. The van der Waals surface area contributed by atoms with Crippen molar-refractivity contribution in [2.24, 2.45) is 0 Å². The first-order chi connectivity index (χ1) is 11.3. The number of anilines is 1. The standard InChI is InChI=1S/C18H19N3O2/c22-17(21-8-1-2-9-21)13-20-10-6-15(12-20)19-16-5-3-4-14-7-11-23-18(14)16/h1-5,7-9,11,15,19H,6,10,12-13H2. The number of para-hydroxylation sites is 1. The maximum Gasteiger partial charge on any atom is 0.244 e. The molecule has 0 amide bonds. The molecule has 3 aromatic rings. The van der Waals surface area contributed by atoms with Gasteiger partial charge in [0.15, 0.2) is 5.58 Å². The summed E-state index contributed by atoms with van der Waals surface area (Å²) in [6, 6.07) is 12.2. The SMILES string of the molecule is O=C(CN1CCC(Nc2cccc3ccoc23)C1)n1cccc1. The van der Waals surface area contributed by atoms with E-state index in [9.17, 15) is 4.79 Å². The largest absolute Gasteiger partial charge is 0.462 e.